The van der Waals surface area contributed by atoms with Crippen LogP contribution in [0.15, 0.2) is 42.9 Å². The zero-order chi connectivity index (χ0) is 22.0. The monoisotopic (exact) mass is 429 g/mol. The number of benzene rings is 1. The summed E-state index contributed by atoms with van der Waals surface area (Å²) in [6.07, 6.45) is 5.11. The Labute approximate surface area is 176 Å². The number of aliphatic carboxylic acids is 1. The molecule has 1 aliphatic rings. The number of carboxylic acids is 1. The second-order valence-electron chi connectivity index (χ2n) is 7.57. The van der Waals surface area contributed by atoms with Gasteiger partial charge in [0.2, 0.25) is 5.91 Å². The van der Waals surface area contributed by atoms with E-state index in [1.165, 1.54) is 4.90 Å². The van der Waals surface area contributed by atoms with Crippen molar-refractivity contribution < 1.29 is 23.5 Å². The highest BCUT2D eigenvalue weighted by atomic mass is 19.3. The maximum Gasteiger partial charge on any atom is 0.374 e. The smallest absolute Gasteiger partial charge is 0.374 e. The number of para-hydroxylation sites is 2. The van der Waals surface area contributed by atoms with Crippen molar-refractivity contribution in [3.05, 3.63) is 42.9 Å². The Morgan fingerprint density at radius 1 is 1.13 bits per heavy atom. The number of rotatable bonds is 6. The van der Waals surface area contributed by atoms with Crippen LogP contribution < -0.4 is 0 Å². The normalized spacial score (nSPS) is 15.4. The summed E-state index contributed by atoms with van der Waals surface area (Å²) in [7, 11) is 0. The predicted molar refractivity (Wildman–Crippen MR) is 107 cm³/mol. The van der Waals surface area contributed by atoms with Crippen LogP contribution in [0.5, 0.6) is 0 Å². The number of aromatic nitrogens is 4. The maximum absolute atomic E-state index is 13.2. The number of piperidine rings is 1. The van der Waals surface area contributed by atoms with Crippen molar-refractivity contribution in [2.45, 2.75) is 37.6 Å². The molecule has 0 radical (unpaired) electrons. The highest BCUT2D eigenvalue weighted by molar-refractivity contribution is 5.79. The topological polar surface area (TPSA) is 101 Å². The quantitative estimate of drug-likeness (QED) is 0.646. The van der Waals surface area contributed by atoms with E-state index in [9.17, 15) is 18.4 Å². The minimum absolute atomic E-state index is 0.0756. The molecule has 3 aromatic rings. The van der Waals surface area contributed by atoms with Gasteiger partial charge >= 0.3 is 11.9 Å². The fourth-order valence-corrected chi connectivity index (χ4v) is 3.68. The van der Waals surface area contributed by atoms with Crippen molar-refractivity contribution >= 4 is 22.9 Å². The Hall–Kier alpha value is -3.43. The van der Waals surface area contributed by atoms with E-state index in [4.69, 9.17) is 5.11 Å². The molecule has 1 aliphatic heterocycles. The summed E-state index contributed by atoms with van der Waals surface area (Å²) >= 11 is 0. The van der Waals surface area contributed by atoms with Crippen LogP contribution in [0.3, 0.4) is 0 Å². The number of carboxylic acid groups (broad SMARTS) is 1. The maximum atomic E-state index is 13.2. The lowest BCUT2D eigenvalue weighted by Crippen LogP contribution is -2.40. The molecular formula is C21H21F2N5O3. The standard InChI is InChI=1S/C21H21F2N5O3/c22-21(23,20(30)31)8-5-19(29)27-9-6-15(7-10-27)28-13-14(11-25-28)18-12-24-16-3-1-2-4-17(16)26-18/h1-4,11-13,15H,5-10H2,(H,30,31). The molecule has 10 heteroatoms. The van der Waals surface area contributed by atoms with Crippen LogP contribution in [0.2, 0.25) is 0 Å². The van der Waals surface area contributed by atoms with E-state index in [1.54, 1.807) is 12.4 Å². The Bertz CT molecular complexity index is 1110. The van der Waals surface area contributed by atoms with Crippen molar-refractivity contribution in [2.24, 2.45) is 0 Å². The van der Waals surface area contributed by atoms with Gasteiger partial charge in [-0.3, -0.25) is 14.5 Å². The molecule has 4 rings (SSSR count). The Kier molecular flexibility index (Phi) is 5.62. The summed E-state index contributed by atoms with van der Waals surface area (Å²) in [6, 6.07) is 7.68. The lowest BCUT2D eigenvalue weighted by atomic mass is 10.0. The Balaban J connectivity index is 1.35. The van der Waals surface area contributed by atoms with Gasteiger partial charge in [-0.1, -0.05) is 12.1 Å². The molecule has 0 atom stereocenters. The van der Waals surface area contributed by atoms with Gasteiger partial charge in [0.25, 0.3) is 0 Å². The average Bonchev–Trinajstić information content (AvgIpc) is 3.27. The van der Waals surface area contributed by atoms with E-state index in [-0.39, 0.29) is 6.04 Å². The van der Waals surface area contributed by atoms with E-state index in [0.717, 1.165) is 22.3 Å². The predicted octanol–water partition coefficient (Wildman–Crippen LogP) is 3.16. The first-order chi connectivity index (χ1) is 14.8. The SMILES string of the molecule is O=C(CCC(F)(F)C(=O)O)N1CCC(n2cc(-c3cnc4ccccc4n3)cn2)CC1. The van der Waals surface area contributed by atoms with Crippen molar-refractivity contribution in [1.82, 2.24) is 24.6 Å². The molecule has 3 heterocycles. The van der Waals surface area contributed by atoms with Gasteiger partial charge in [0.05, 0.1) is 35.2 Å². The number of amides is 1. The van der Waals surface area contributed by atoms with Crippen LogP contribution in [0, 0.1) is 0 Å². The van der Waals surface area contributed by atoms with Gasteiger partial charge in [-0.25, -0.2) is 9.78 Å². The third-order valence-corrected chi connectivity index (χ3v) is 5.50. The van der Waals surface area contributed by atoms with Crippen LogP contribution in [-0.4, -0.2) is 60.6 Å². The van der Waals surface area contributed by atoms with Gasteiger partial charge < -0.3 is 10.0 Å². The second kappa shape index (κ2) is 8.37. The number of nitrogens with zero attached hydrogens (tertiary/aromatic N) is 5. The van der Waals surface area contributed by atoms with Crippen molar-refractivity contribution in [1.29, 1.82) is 0 Å². The number of alkyl halides is 2. The van der Waals surface area contributed by atoms with Crippen LogP contribution in [-0.2, 0) is 9.59 Å². The number of likely N-dealkylation sites (tertiary alicyclic amines) is 1. The van der Waals surface area contributed by atoms with Crippen LogP contribution >= 0.6 is 0 Å². The molecule has 0 bridgehead atoms. The summed E-state index contributed by atoms with van der Waals surface area (Å²) in [5, 5.41) is 12.9. The van der Waals surface area contributed by atoms with Crippen molar-refractivity contribution in [3.8, 4) is 11.3 Å². The van der Waals surface area contributed by atoms with Crippen molar-refractivity contribution in [3.63, 3.8) is 0 Å². The zero-order valence-electron chi connectivity index (χ0n) is 16.6. The molecule has 0 spiro atoms. The van der Waals surface area contributed by atoms with E-state index in [1.807, 2.05) is 35.1 Å². The number of hydrogen-bond donors (Lipinski definition) is 1. The first-order valence-electron chi connectivity index (χ1n) is 9.99. The van der Waals surface area contributed by atoms with Gasteiger partial charge in [-0.05, 0) is 25.0 Å². The van der Waals surface area contributed by atoms with Crippen LogP contribution in [0.1, 0.15) is 31.7 Å². The third kappa shape index (κ3) is 4.52. The van der Waals surface area contributed by atoms with Gasteiger partial charge in [0.1, 0.15) is 0 Å². The molecule has 1 saturated heterocycles. The van der Waals surface area contributed by atoms with Crippen LogP contribution in [0.25, 0.3) is 22.3 Å². The van der Waals surface area contributed by atoms with E-state index in [0.29, 0.717) is 25.9 Å². The molecule has 31 heavy (non-hydrogen) atoms. The fraction of sp³-hybridized carbons (Fsp3) is 0.381. The van der Waals surface area contributed by atoms with Crippen LogP contribution in [0.4, 0.5) is 8.78 Å². The Morgan fingerprint density at radius 2 is 1.84 bits per heavy atom. The minimum atomic E-state index is -3.88. The number of carbonyl (C=O) groups excluding carboxylic acids is 1. The summed E-state index contributed by atoms with van der Waals surface area (Å²) in [5.41, 5.74) is 3.18. The summed E-state index contributed by atoms with van der Waals surface area (Å²) in [5.74, 6) is -6.54. The molecule has 162 valence electrons. The number of carbonyl (C=O) groups is 2. The van der Waals surface area contributed by atoms with E-state index >= 15 is 0 Å². The number of hydrogen-bond acceptors (Lipinski definition) is 5. The molecule has 1 fully saturated rings. The lowest BCUT2D eigenvalue weighted by Gasteiger charge is -2.32. The third-order valence-electron chi connectivity index (χ3n) is 5.50. The zero-order valence-corrected chi connectivity index (χ0v) is 16.6. The van der Waals surface area contributed by atoms with E-state index in [2.05, 4.69) is 15.1 Å². The molecule has 0 saturated carbocycles. The number of halogens is 2. The molecule has 1 N–H and O–H groups in total. The average molecular weight is 429 g/mol. The van der Waals surface area contributed by atoms with E-state index < -0.39 is 30.6 Å². The first kappa shape index (κ1) is 20.8. The molecule has 8 nitrogen and oxygen atoms in total. The highest BCUT2D eigenvalue weighted by Crippen LogP contribution is 2.27. The minimum Gasteiger partial charge on any atom is -0.477 e. The van der Waals surface area contributed by atoms with Gasteiger partial charge in [-0.2, -0.15) is 13.9 Å². The highest BCUT2D eigenvalue weighted by Gasteiger charge is 2.39. The summed E-state index contributed by atoms with van der Waals surface area (Å²) in [4.78, 5) is 33.2. The van der Waals surface area contributed by atoms with Gasteiger partial charge in [0.15, 0.2) is 0 Å². The molecule has 0 aliphatic carbocycles. The first-order valence-corrected chi connectivity index (χ1v) is 9.99. The summed E-state index contributed by atoms with van der Waals surface area (Å²) < 4.78 is 28.2. The number of fused-ring (bicyclic) bond motifs is 1. The summed E-state index contributed by atoms with van der Waals surface area (Å²) in [6.45, 7) is 0.820. The molecule has 1 aromatic carbocycles. The molecule has 2 aromatic heterocycles. The molecule has 0 unspecified atom stereocenters. The molecular weight excluding hydrogens is 408 g/mol. The second-order valence-corrected chi connectivity index (χ2v) is 7.57. The van der Waals surface area contributed by atoms with Crippen molar-refractivity contribution in [2.75, 3.05) is 13.1 Å². The van der Waals surface area contributed by atoms with Gasteiger partial charge in [-0.15, -0.1) is 0 Å². The lowest BCUT2D eigenvalue weighted by molar-refractivity contribution is -0.166. The Morgan fingerprint density at radius 3 is 2.55 bits per heavy atom. The van der Waals surface area contributed by atoms with Gasteiger partial charge in [0, 0.05) is 37.7 Å². The fourth-order valence-electron chi connectivity index (χ4n) is 3.68. The molecule has 1 amide bonds. The largest absolute Gasteiger partial charge is 0.477 e.